The van der Waals surface area contributed by atoms with Gasteiger partial charge >= 0.3 is 0 Å². The fourth-order valence-corrected chi connectivity index (χ4v) is 1.73. The molecule has 0 aromatic heterocycles. The molecule has 1 unspecified atom stereocenters. The summed E-state index contributed by atoms with van der Waals surface area (Å²) >= 11 is 0. The van der Waals surface area contributed by atoms with Gasteiger partial charge in [-0.1, -0.05) is 57.6 Å². The fraction of sp³-hybridized carbons (Fsp3) is 0.818. The lowest BCUT2D eigenvalue weighted by atomic mass is 10.1. The van der Waals surface area contributed by atoms with Crippen LogP contribution in [0.1, 0.15) is 34.0 Å². The Kier molecular flexibility index (Phi) is 5.40. The molecule has 0 heterocycles. The van der Waals surface area contributed by atoms with Gasteiger partial charge in [0.05, 0.1) is 15.5 Å². The van der Waals surface area contributed by atoms with Crippen LogP contribution in [0, 0.1) is 0 Å². The van der Waals surface area contributed by atoms with Crippen LogP contribution in [0.3, 0.4) is 0 Å². The van der Waals surface area contributed by atoms with Crippen LogP contribution in [0.25, 0.3) is 0 Å². The van der Waals surface area contributed by atoms with Crippen LogP contribution in [-0.4, -0.2) is 19.3 Å². The maximum atomic E-state index is 9.64. The Labute approximate surface area is 85.3 Å². The zero-order chi connectivity index (χ0) is 11.2. The number of rotatable bonds is 6. The Morgan fingerprint density at radius 3 is 2.46 bits per heavy atom. The van der Waals surface area contributed by atoms with E-state index in [-0.39, 0.29) is 0 Å². The van der Waals surface area contributed by atoms with Crippen molar-refractivity contribution >= 4 is 8.07 Å². The van der Waals surface area contributed by atoms with E-state index in [0.29, 0.717) is 5.68 Å². The van der Waals surface area contributed by atoms with E-state index in [2.05, 4.69) is 26.6 Å². The van der Waals surface area contributed by atoms with Gasteiger partial charge in [0.1, 0.15) is 0 Å². The second-order valence-electron chi connectivity index (χ2n) is 4.62. The maximum absolute atomic E-state index is 9.64. The summed E-state index contributed by atoms with van der Waals surface area (Å²) in [5.41, 5.74) is 0.668. The van der Waals surface area contributed by atoms with E-state index in [0.717, 1.165) is 12.8 Å². The molecule has 0 saturated carbocycles. The molecule has 1 nitrogen and oxygen atoms in total. The molecule has 0 bridgehead atoms. The molecule has 0 saturated heterocycles. The van der Waals surface area contributed by atoms with Gasteiger partial charge in [0.2, 0.25) is 0 Å². The molecule has 0 aliphatic carbocycles. The molecule has 0 aromatic carbocycles. The number of unbranched alkanes of at least 4 members (excludes halogenated alkanes) is 2. The first kappa shape index (κ1) is 11.0. The molecule has 1 N–H and O–H groups in total. The van der Waals surface area contributed by atoms with Crippen molar-refractivity contribution in [3.05, 3.63) is 11.8 Å². The van der Waals surface area contributed by atoms with Crippen LogP contribution in [0.5, 0.6) is 0 Å². The van der Waals surface area contributed by atoms with Crippen LogP contribution in [-0.2, 0) is 0 Å². The largest absolute Gasteiger partial charge is 0.389 e. The van der Waals surface area contributed by atoms with Gasteiger partial charge in [0, 0.05) is 0 Å². The summed E-state index contributed by atoms with van der Waals surface area (Å²) in [6, 6.07) is 0. The van der Waals surface area contributed by atoms with Gasteiger partial charge in [-0.25, -0.2) is 0 Å². The van der Waals surface area contributed by atoms with Crippen LogP contribution in [0.15, 0.2) is 11.8 Å². The van der Waals surface area contributed by atoms with Crippen molar-refractivity contribution in [1.82, 2.24) is 0 Å². The molecule has 0 aliphatic rings. The van der Waals surface area contributed by atoms with Crippen molar-refractivity contribution < 1.29 is 6.48 Å². The van der Waals surface area contributed by atoms with E-state index in [1.807, 2.05) is 0 Å². The predicted molar refractivity (Wildman–Crippen MR) is 62.6 cm³/mol. The van der Waals surface area contributed by atoms with Gasteiger partial charge in [0.25, 0.3) is 0 Å². The number of aliphatic hydroxyl groups excluding tert-OH is 1. The average Bonchev–Trinajstić information content (AvgIpc) is 2.03. The molecule has 0 spiro atoms. The molecule has 0 aromatic rings. The van der Waals surface area contributed by atoms with Gasteiger partial charge in [-0.15, -0.1) is 0 Å². The molecule has 13 heavy (non-hydrogen) atoms. The van der Waals surface area contributed by atoms with Crippen LogP contribution in [0.2, 0.25) is 19.6 Å². The first-order valence-corrected chi connectivity index (χ1v) is 8.75. The zero-order valence-corrected chi connectivity index (χ0v) is 10.4. The van der Waals surface area contributed by atoms with E-state index in [1.54, 1.807) is 6.08 Å². The predicted octanol–water partition coefficient (Wildman–Crippen LogP) is 3.36. The smallest absolute Gasteiger partial charge is 0.0717 e. The van der Waals surface area contributed by atoms with Crippen molar-refractivity contribution in [1.29, 1.82) is 0 Å². The molecular weight excluding hydrogens is 176 g/mol. The first-order valence-electron chi connectivity index (χ1n) is 5.75. The van der Waals surface area contributed by atoms with Crippen LogP contribution in [0.4, 0.5) is 0 Å². The molecule has 0 rings (SSSR count). The van der Waals surface area contributed by atoms with Gasteiger partial charge in [-0.05, 0) is 6.42 Å². The lowest BCUT2D eigenvalue weighted by molar-refractivity contribution is 0.208. The van der Waals surface area contributed by atoms with E-state index in [4.69, 9.17) is 1.37 Å². The van der Waals surface area contributed by atoms with E-state index in [1.165, 1.54) is 12.8 Å². The minimum atomic E-state index is -1.50. The average molecular weight is 201 g/mol. The topological polar surface area (TPSA) is 20.2 Å². The highest BCUT2D eigenvalue weighted by molar-refractivity contribution is 6.80. The van der Waals surface area contributed by atoms with Crippen LogP contribution < -0.4 is 0 Å². The highest BCUT2D eigenvalue weighted by Gasteiger charge is 2.08. The minimum Gasteiger partial charge on any atom is -0.389 e. The molecule has 0 amide bonds. The van der Waals surface area contributed by atoms with Gasteiger partial charge in [-0.2, -0.15) is 0 Å². The quantitative estimate of drug-likeness (QED) is 0.516. The van der Waals surface area contributed by atoms with Crippen molar-refractivity contribution in [3.8, 4) is 0 Å². The molecule has 1 atom stereocenters. The lowest BCUT2D eigenvalue weighted by Gasteiger charge is -2.10. The Bertz CT molecular complexity index is 184. The molecular formula is C11H24OSi. The normalized spacial score (nSPS) is 17.0. The van der Waals surface area contributed by atoms with E-state index < -0.39 is 14.2 Å². The summed E-state index contributed by atoms with van der Waals surface area (Å²) in [6.45, 7) is 8.54. The maximum Gasteiger partial charge on any atom is 0.0717 e. The zero-order valence-electron chi connectivity index (χ0n) is 10.4. The van der Waals surface area contributed by atoms with Gasteiger partial charge in [-0.3, -0.25) is 0 Å². The van der Waals surface area contributed by atoms with E-state index >= 15 is 0 Å². The SMILES string of the molecule is [2H]/C(=C\C(O)CCCCC)[Si](C)(C)C. The summed E-state index contributed by atoms with van der Waals surface area (Å²) in [6.07, 6.45) is 5.56. The third-order valence-corrected chi connectivity index (χ3v) is 2.84. The Morgan fingerprint density at radius 1 is 1.38 bits per heavy atom. The summed E-state index contributed by atoms with van der Waals surface area (Å²) in [7, 11) is -1.50. The third-order valence-electron chi connectivity index (χ3n) is 1.81. The number of aliphatic hydroxyl groups is 1. The van der Waals surface area contributed by atoms with Crippen molar-refractivity contribution in [2.75, 3.05) is 0 Å². The summed E-state index contributed by atoms with van der Waals surface area (Å²) in [5, 5.41) is 9.64. The van der Waals surface area contributed by atoms with Gasteiger partial charge in [0.15, 0.2) is 0 Å². The molecule has 78 valence electrons. The fourth-order valence-electron chi connectivity index (χ4n) is 1.03. The van der Waals surface area contributed by atoms with Crippen molar-refractivity contribution in [2.24, 2.45) is 0 Å². The van der Waals surface area contributed by atoms with Crippen LogP contribution >= 0.6 is 0 Å². The van der Waals surface area contributed by atoms with Crippen molar-refractivity contribution in [2.45, 2.75) is 58.4 Å². The summed E-state index contributed by atoms with van der Waals surface area (Å²) in [5.74, 6) is 0. The first-order chi connectivity index (χ1) is 6.38. The highest BCUT2D eigenvalue weighted by Crippen LogP contribution is 2.07. The van der Waals surface area contributed by atoms with E-state index in [9.17, 15) is 5.11 Å². The Morgan fingerprint density at radius 2 is 2.00 bits per heavy atom. The lowest BCUT2D eigenvalue weighted by Crippen LogP contribution is -2.17. The number of hydrogen-bond acceptors (Lipinski definition) is 1. The monoisotopic (exact) mass is 201 g/mol. The molecule has 2 heteroatoms. The molecule has 0 fully saturated rings. The Balaban J connectivity index is 3.96. The van der Waals surface area contributed by atoms with Gasteiger partial charge < -0.3 is 5.11 Å². The Hall–Kier alpha value is -0.0831. The highest BCUT2D eigenvalue weighted by atomic mass is 28.3. The molecule has 0 radical (unpaired) electrons. The second kappa shape index (κ2) is 6.38. The van der Waals surface area contributed by atoms with Crippen molar-refractivity contribution in [3.63, 3.8) is 0 Å². The minimum absolute atomic E-state index is 0.402. The number of hydrogen-bond donors (Lipinski definition) is 1. The molecule has 0 aliphatic heterocycles. The summed E-state index contributed by atoms with van der Waals surface area (Å²) < 4.78 is 7.80. The standard InChI is InChI=1S/C11H24OSi/c1-5-6-7-8-11(12)9-10-13(2,3)4/h9-12H,5-8H2,1-4H3/b10-9+/i10D. The second-order valence-corrected chi connectivity index (χ2v) is 9.41. The summed E-state index contributed by atoms with van der Waals surface area (Å²) in [4.78, 5) is 0. The third kappa shape index (κ3) is 9.83.